The molecule has 0 bridgehead atoms. The van der Waals surface area contributed by atoms with Crippen molar-refractivity contribution in [3.05, 3.63) is 16.1 Å². The van der Waals surface area contributed by atoms with Gasteiger partial charge in [0.15, 0.2) is 0 Å². The zero-order valence-electron chi connectivity index (χ0n) is 12.0. The van der Waals surface area contributed by atoms with Gasteiger partial charge in [-0.2, -0.15) is 0 Å². The third-order valence-corrected chi connectivity index (χ3v) is 4.69. The number of ether oxygens (including phenoxy) is 1. The zero-order chi connectivity index (χ0) is 13.9. The molecule has 1 aromatic heterocycles. The Hall–Kier alpha value is -0.490. The number of aliphatic hydroxyl groups is 1. The van der Waals surface area contributed by atoms with Gasteiger partial charge in [-0.3, -0.25) is 0 Å². The van der Waals surface area contributed by atoms with Crippen molar-refractivity contribution in [1.82, 2.24) is 10.3 Å². The van der Waals surface area contributed by atoms with Crippen LogP contribution in [0, 0.1) is 0 Å². The Balaban J connectivity index is 1.81. The standard InChI is InChI=1S/C14H24N2O2S/c1-13(2,3)12-16-11(9-19-12)8-15-10-14(17)4-6-18-7-5-14/h9,15,17H,4-8,10H2,1-3H3. The Morgan fingerprint density at radius 3 is 2.68 bits per heavy atom. The molecular weight excluding hydrogens is 260 g/mol. The molecule has 0 amide bonds. The van der Waals surface area contributed by atoms with E-state index in [0.29, 0.717) is 32.6 Å². The Labute approximate surface area is 119 Å². The second kappa shape index (κ2) is 5.87. The van der Waals surface area contributed by atoms with E-state index in [1.54, 1.807) is 11.3 Å². The molecular formula is C14H24N2O2S. The van der Waals surface area contributed by atoms with Crippen molar-refractivity contribution in [3.8, 4) is 0 Å². The fourth-order valence-electron chi connectivity index (χ4n) is 2.08. The van der Waals surface area contributed by atoms with E-state index in [-0.39, 0.29) is 5.41 Å². The fraction of sp³-hybridized carbons (Fsp3) is 0.786. The Kier molecular flexibility index (Phi) is 4.61. The van der Waals surface area contributed by atoms with Crippen molar-refractivity contribution in [3.63, 3.8) is 0 Å². The lowest BCUT2D eigenvalue weighted by molar-refractivity contribution is -0.0617. The second-order valence-electron chi connectivity index (χ2n) is 6.33. The molecule has 1 saturated heterocycles. The molecule has 1 fully saturated rings. The fourth-order valence-corrected chi connectivity index (χ4v) is 2.99. The number of rotatable bonds is 4. The molecule has 0 radical (unpaired) electrons. The zero-order valence-corrected chi connectivity index (χ0v) is 12.8. The number of aromatic nitrogens is 1. The van der Waals surface area contributed by atoms with Crippen LogP contribution >= 0.6 is 11.3 Å². The first-order chi connectivity index (χ1) is 8.89. The van der Waals surface area contributed by atoms with Gasteiger partial charge in [-0.1, -0.05) is 20.8 Å². The Morgan fingerprint density at radius 1 is 1.42 bits per heavy atom. The summed E-state index contributed by atoms with van der Waals surface area (Å²) >= 11 is 1.71. The predicted octanol–water partition coefficient (Wildman–Crippen LogP) is 2.07. The van der Waals surface area contributed by atoms with Gasteiger partial charge in [-0.05, 0) is 0 Å². The van der Waals surface area contributed by atoms with Gasteiger partial charge in [0, 0.05) is 49.9 Å². The molecule has 0 unspecified atom stereocenters. The topological polar surface area (TPSA) is 54.4 Å². The van der Waals surface area contributed by atoms with E-state index >= 15 is 0 Å². The van der Waals surface area contributed by atoms with E-state index in [2.05, 4.69) is 36.5 Å². The SMILES string of the molecule is CC(C)(C)c1nc(CNCC2(O)CCOCC2)cs1. The first-order valence-electron chi connectivity index (χ1n) is 6.85. The lowest BCUT2D eigenvalue weighted by Gasteiger charge is -2.32. The summed E-state index contributed by atoms with van der Waals surface area (Å²) in [6.45, 7) is 9.16. The van der Waals surface area contributed by atoms with Crippen molar-refractivity contribution in [2.45, 2.75) is 51.2 Å². The minimum atomic E-state index is -0.610. The summed E-state index contributed by atoms with van der Waals surface area (Å²) in [4.78, 5) is 4.64. The molecule has 2 rings (SSSR count). The second-order valence-corrected chi connectivity index (χ2v) is 7.19. The van der Waals surface area contributed by atoms with Gasteiger partial charge in [-0.25, -0.2) is 4.98 Å². The molecule has 108 valence electrons. The van der Waals surface area contributed by atoms with E-state index in [1.165, 1.54) is 0 Å². The molecule has 1 aliphatic heterocycles. The lowest BCUT2D eigenvalue weighted by Crippen LogP contribution is -2.44. The number of nitrogens with zero attached hydrogens (tertiary/aromatic N) is 1. The molecule has 1 aliphatic rings. The maximum Gasteiger partial charge on any atom is 0.0982 e. The van der Waals surface area contributed by atoms with Crippen molar-refractivity contribution in [2.24, 2.45) is 0 Å². The number of thiazole rings is 1. The van der Waals surface area contributed by atoms with Gasteiger partial charge in [0.2, 0.25) is 0 Å². The molecule has 0 spiro atoms. The van der Waals surface area contributed by atoms with Crippen LogP contribution in [-0.4, -0.2) is 35.5 Å². The molecule has 19 heavy (non-hydrogen) atoms. The smallest absolute Gasteiger partial charge is 0.0982 e. The summed E-state index contributed by atoms with van der Waals surface area (Å²) in [5, 5.41) is 16.9. The number of hydrogen-bond donors (Lipinski definition) is 2. The molecule has 5 heteroatoms. The van der Waals surface area contributed by atoms with Gasteiger partial charge in [-0.15, -0.1) is 11.3 Å². The van der Waals surface area contributed by atoms with Crippen molar-refractivity contribution < 1.29 is 9.84 Å². The van der Waals surface area contributed by atoms with Gasteiger partial charge in [0.1, 0.15) is 0 Å². The lowest BCUT2D eigenvalue weighted by atomic mass is 9.94. The van der Waals surface area contributed by atoms with E-state index in [1.807, 2.05) is 0 Å². The van der Waals surface area contributed by atoms with E-state index < -0.39 is 5.60 Å². The van der Waals surface area contributed by atoms with Crippen molar-refractivity contribution in [1.29, 1.82) is 0 Å². The molecule has 0 aliphatic carbocycles. The van der Waals surface area contributed by atoms with Gasteiger partial charge in [0.25, 0.3) is 0 Å². The summed E-state index contributed by atoms with van der Waals surface area (Å²) in [5.74, 6) is 0. The molecule has 2 heterocycles. The number of nitrogens with one attached hydrogen (secondary N) is 1. The molecule has 4 nitrogen and oxygen atoms in total. The largest absolute Gasteiger partial charge is 0.388 e. The van der Waals surface area contributed by atoms with Gasteiger partial charge in [0.05, 0.1) is 16.3 Å². The van der Waals surface area contributed by atoms with Crippen LogP contribution in [0.25, 0.3) is 0 Å². The summed E-state index contributed by atoms with van der Waals surface area (Å²) in [5.41, 5.74) is 0.564. The first kappa shape index (κ1) is 14.9. The van der Waals surface area contributed by atoms with Crippen LogP contribution in [0.3, 0.4) is 0 Å². The maximum absolute atomic E-state index is 10.3. The summed E-state index contributed by atoms with van der Waals surface area (Å²) in [6, 6.07) is 0. The van der Waals surface area contributed by atoms with E-state index in [9.17, 15) is 5.11 Å². The molecule has 2 N–H and O–H groups in total. The minimum absolute atomic E-state index is 0.113. The highest BCUT2D eigenvalue weighted by molar-refractivity contribution is 7.09. The highest BCUT2D eigenvalue weighted by Crippen LogP contribution is 2.25. The van der Waals surface area contributed by atoms with Crippen LogP contribution in [0.2, 0.25) is 0 Å². The van der Waals surface area contributed by atoms with E-state index in [0.717, 1.165) is 17.2 Å². The monoisotopic (exact) mass is 284 g/mol. The van der Waals surface area contributed by atoms with Crippen LogP contribution in [0.15, 0.2) is 5.38 Å². The van der Waals surface area contributed by atoms with Crippen LogP contribution < -0.4 is 5.32 Å². The average molecular weight is 284 g/mol. The summed E-state index contributed by atoms with van der Waals surface area (Å²) in [6.07, 6.45) is 1.43. The molecule has 0 saturated carbocycles. The normalized spacial score (nSPS) is 19.6. The molecule has 0 aromatic carbocycles. The van der Waals surface area contributed by atoms with Gasteiger partial charge >= 0.3 is 0 Å². The minimum Gasteiger partial charge on any atom is -0.388 e. The molecule has 1 aromatic rings. The highest BCUT2D eigenvalue weighted by Gasteiger charge is 2.29. The Bertz CT molecular complexity index is 406. The molecule has 0 atom stereocenters. The summed E-state index contributed by atoms with van der Waals surface area (Å²) in [7, 11) is 0. The average Bonchev–Trinajstić information content (AvgIpc) is 2.78. The Morgan fingerprint density at radius 2 is 2.11 bits per heavy atom. The third kappa shape index (κ3) is 4.24. The highest BCUT2D eigenvalue weighted by atomic mass is 32.1. The first-order valence-corrected chi connectivity index (χ1v) is 7.73. The van der Waals surface area contributed by atoms with Crippen LogP contribution in [0.1, 0.15) is 44.3 Å². The van der Waals surface area contributed by atoms with Crippen molar-refractivity contribution >= 4 is 11.3 Å². The summed E-state index contributed by atoms with van der Waals surface area (Å²) < 4.78 is 5.27. The predicted molar refractivity (Wildman–Crippen MR) is 77.5 cm³/mol. The van der Waals surface area contributed by atoms with Crippen molar-refractivity contribution in [2.75, 3.05) is 19.8 Å². The van der Waals surface area contributed by atoms with Crippen LogP contribution in [-0.2, 0) is 16.7 Å². The van der Waals surface area contributed by atoms with E-state index in [4.69, 9.17) is 4.74 Å². The van der Waals surface area contributed by atoms with Gasteiger partial charge < -0.3 is 15.2 Å². The van der Waals surface area contributed by atoms with Crippen LogP contribution in [0.4, 0.5) is 0 Å². The quantitative estimate of drug-likeness (QED) is 0.889. The van der Waals surface area contributed by atoms with Crippen LogP contribution in [0.5, 0.6) is 0 Å². The maximum atomic E-state index is 10.3. The number of hydrogen-bond acceptors (Lipinski definition) is 5. The third-order valence-electron chi connectivity index (χ3n) is 3.38.